The molecule has 1 saturated heterocycles. The molecule has 1 aromatic rings. The fraction of sp³-hybridized carbons (Fsp3) is 0.692. The van der Waals surface area contributed by atoms with Crippen LogP contribution in [0.15, 0.2) is 4.47 Å². The Labute approximate surface area is 116 Å². The molecule has 2 rings (SSSR count). The summed E-state index contributed by atoms with van der Waals surface area (Å²) in [5, 5.41) is 4.59. The highest BCUT2D eigenvalue weighted by Gasteiger charge is 2.21. The third kappa shape index (κ3) is 2.83. The molecular formula is C13H20BrN3O. The maximum Gasteiger partial charge on any atom is 0.146 e. The molecule has 1 fully saturated rings. The van der Waals surface area contributed by atoms with Crippen LogP contribution in [0, 0.1) is 0 Å². The van der Waals surface area contributed by atoms with Gasteiger partial charge in [0.2, 0.25) is 0 Å². The minimum Gasteiger partial charge on any atom is -0.298 e. The van der Waals surface area contributed by atoms with Crippen molar-refractivity contribution in [2.75, 3.05) is 13.1 Å². The van der Waals surface area contributed by atoms with E-state index in [0.717, 1.165) is 49.1 Å². The van der Waals surface area contributed by atoms with Gasteiger partial charge in [-0.25, -0.2) is 0 Å². The van der Waals surface area contributed by atoms with Crippen molar-refractivity contribution in [2.45, 2.75) is 46.2 Å². The molecule has 100 valence electrons. The van der Waals surface area contributed by atoms with Crippen molar-refractivity contribution in [3.8, 4) is 0 Å². The van der Waals surface area contributed by atoms with Crippen LogP contribution in [0.3, 0.4) is 0 Å². The van der Waals surface area contributed by atoms with E-state index in [2.05, 4.69) is 39.8 Å². The molecule has 5 heteroatoms. The third-order valence-corrected chi connectivity index (χ3v) is 4.31. The smallest absolute Gasteiger partial charge is 0.146 e. The van der Waals surface area contributed by atoms with Crippen molar-refractivity contribution in [2.24, 2.45) is 0 Å². The van der Waals surface area contributed by atoms with Crippen LogP contribution in [0.5, 0.6) is 0 Å². The van der Waals surface area contributed by atoms with Crippen molar-refractivity contribution < 1.29 is 4.79 Å². The Morgan fingerprint density at radius 2 is 2.17 bits per heavy atom. The molecule has 1 aliphatic heterocycles. The quantitative estimate of drug-likeness (QED) is 0.856. The lowest BCUT2D eigenvalue weighted by molar-refractivity contribution is -0.122. The van der Waals surface area contributed by atoms with Gasteiger partial charge in [-0.2, -0.15) is 5.10 Å². The summed E-state index contributed by atoms with van der Waals surface area (Å²) in [7, 11) is 0. The molecule has 0 saturated carbocycles. The number of ketones is 1. The number of aryl methyl sites for hydroxylation is 2. The molecule has 0 aromatic carbocycles. The second-order valence-electron chi connectivity index (χ2n) is 4.73. The Morgan fingerprint density at radius 3 is 2.78 bits per heavy atom. The molecule has 1 aromatic heterocycles. The van der Waals surface area contributed by atoms with E-state index in [1.807, 2.05) is 4.68 Å². The van der Waals surface area contributed by atoms with Gasteiger partial charge in [0, 0.05) is 19.5 Å². The van der Waals surface area contributed by atoms with Gasteiger partial charge in [-0.3, -0.25) is 14.4 Å². The van der Waals surface area contributed by atoms with E-state index < -0.39 is 0 Å². The minimum absolute atomic E-state index is 0.357. The number of halogens is 1. The van der Waals surface area contributed by atoms with Crippen LogP contribution < -0.4 is 0 Å². The largest absolute Gasteiger partial charge is 0.298 e. The lowest BCUT2D eigenvalue weighted by atomic mass is 10.1. The predicted octanol–water partition coefficient (Wildman–Crippen LogP) is 2.39. The van der Waals surface area contributed by atoms with E-state index >= 15 is 0 Å². The van der Waals surface area contributed by atoms with Crippen molar-refractivity contribution in [3.05, 3.63) is 15.9 Å². The van der Waals surface area contributed by atoms with Gasteiger partial charge in [-0.05, 0) is 42.2 Å². The third-order valence-electron chi connectivity index (χ3n) is 3.40. The van der Waals surface area contributed by atoms with Crippen LogP contribution in [0.1, 0.15) is 38.1 Å². The van der Waals surface area contributed by atoms with Crippen LogP contribution in [0.4, 0.5) is 0 Å². The van der Waals surface area contributed by atoms with Gasteiger partial charge >= 0.3 is 0 Å². The van der Waals surface area contributed by atoms with E-state index in [-0.39, 0.29) is 0 Å². The van der Waals surface area contributed by atoms with Gasteiger partial charge in [0.15, 0.2) is 0 Å². The number of carbonyl (C=O) groups excluding carboxylic acids is 1. The number of rotatable bonds is 4. The minimum atomic E-state index is 0.357. The van der Waals surface area contributed by atoms with Crippen molar-refractivity contribution in [3.63, 3.8) is 0 Å². The summed E-state index contributed by atoms with van der Waals surface area (Å²) < 4.78 is 3.16. The van der Waals surface area contributed by atoms with E-state index in [9.17, 15) is 4.79 Å². The molecule has 0 bridgehead atoms. The average Bonchev–Trinajstić information content (AvgIpc) is 2.66. The molecule has 18 heavy (non-hydrogen) atoms. The molecule has 0 amide bonds. The number of aromatic nitrogens is 2. The molecule has 0 unspecified atom stereocenters. The summed E-state index contributed by atoms with van der Waals surface area (Å²) in [6, 6.07) is 0. The standard InChI is InChI=1S/C13H20BrN3O/c1-3-11-13(14)12(17(4-2)15-11)9-16-7-5-6-10(18)8-16/h3-9H2,1-2H3. The average molecular weight is 314 g/mol. The van der Waals surface area contributed by atoms with Crippen LogP contribution >= 0.6 is 15.9 Å². The first-order valence-electron chi connectivity index (χ1n) is 6.63. The van der Waals surface area contributed by atoms with E-state index in [0.29, 0.717) is 12.3 Å². The molecule has 0 atom stereocenters. The highest BCUT2D eigenvalue weighted by Crippen LogP contribution is 2.24. The fourth-order valence-electron chi connectivity index (χ4n) is 2.42. The topological polar surface area (TPSA) is 38.1 Å². The zero-order valence-corrected chi connectivity index (χ0v) is 12.7. The van der Waals surface area contributed by atoms with Crippen LogP contribution in [-0.2, 0) is 24.3 Å². The summed E-state index contributed by atoms with van der Waals surface area (Å²) in [4.78, 5) is 13.7. The Bertz CT molecular complexity index is 442. The molecule has 2 heterocycles. The zero-order valence-electron chi connectivity index (χ0n) is 11.1. The van der Waals surface area contributed by atoms with E-state index in [1.165, 1.54) is 5.69 Å². The Morgan fingerprint density at radius 1 is 1.39 bits per heavy atom. The molecule has 0 aliphatic carbocycles. The summed E-state index contributed by atoms with van der Waals surface area (Å²) in [5.74, 6) is 0.357. The lowest BCUT2D eigenvalue weighted by Crippen LogP contribution is -2.35. The monoisotopic (exact) mass is 313 g/mol. The number of hydrogen-bond acceptors (Lipinski definition) is 3. The number of carbonyl (C=O) groups is 1. The summed E-state index contributed by atoms with van der Waals surface area (Å²) in [6.07, 6.45) is 2.65. The van der Waals surface area contributed by atoms with Gasteiger partial charge in [-0.15, -0.1) is 0 Å². The second-order valence-corrected chi connectivity index (χ2v) is 5.52. The highest BCUT2D eigenvalue weighted by atomic mass is 79.9. The second kappa shape index (κ2) is 5.97. The van der Waals surface area contributed by atoms with Crippen LogP contribution in [0.25, 0.3) is 0 Å². The maximum atomic E-state index is 11.5. The number of likely N-dealkylation sites (tertiary alicyclic amines) is 1. The Hall–Kier alpha value is -0.680. The van der Waals surface area contributed by atoms with Crippen LogP contribution in [0.2, 0.25) is 0 Å². The van der Waals surface area contributed by atoms with Crippen molar-refractivity contribution in [1.29, 1.82) is 0 Å². The first-order chi connectivity index (χ1) is 8.65. The number of nitrogens with zero attached hydrogens (tertiary/aromatic N) is 3. The Balaban J connectivity index is 2.17. The number of piperidine rings is 1. The van der Waals surface area contributed by atoms with E-state index in [1.54, 1.807) is 0 Å². The first kappa shape index (κ1) is 13.7. The van der Waals surface area contributed by atoms with Gasteiger partial charge in [-0.1, -0.05) is 6.92 Å². The lowest BCUT2D eigenvalue weighted by Gasteiger charge is -2.25. The highest BCUT2D eigenvalue weighted by molar-refractivity contribution is 9.10. The van der Waals surface area contributed by atoms with Crippen molar-refractivity contribution in [1.82, 2.24) is 14.7 Å². The molecule has 0 N–H and O–H groups in total. The summed E-state index contributed by atoms with van der Waals surface area (Å²) >= 11 is 3.65. The Kier molecular flexibility index (Phi) is 4.56. The molecule has 0 spiro atoms. The van der Waals surface area contributed by atoms with Gasteiger partial charge in [0.25, 0.3) is 0 Å². The predicted molar refractivity (Wildman–Crippen MR) is 74.5 cm³/mol. The maximum absolute atomic E-state index is 11.5. The van der Waals surface area contributed by atoms with Crippen molar-refractivity contribution >= 4 is 21.7 Å². The summed E-state index contributed by atoms with van der Waals surface area (Å²) in [6.45, 7) is 7.49. The summed E-state index contributed by atoms with van der Waals surface area (Å²) in [5.41, 5.74) is 2.30. The number of Topliss-reactive ketones (excluding diaryl/α,β-unsaturated/α-hetero) is 1. The molecular weight excluding hydrogens is 294 g/mol. The normalized spacial score (nSPS) is 17.4. The zero-order chi connectivity index (χ0) is 13.1. The molecule has 1 aliphatic rings. The van der Waals surface area contributed by atoms with Gasteiger partial charge in [0.05, 0.1) is 22.4 Å². The SMILES string of the molecule is CCc1nn(CC)c(CN2CCCC(=O)C2)c1Br. The molecule has 4 nitrogen and oxygen atoms in total. The van der Waals surface area contributed by atoms with Gasteiger partial charge in [0.1, 0.15) is 5.78 Å². The van der Waals surface area contributed by atoms with E-state index in [4.69, 9.17) is 0 Å². The number of hydrogen-bond donors (Lipinski definition) is 0. The van der Waals surface area contributed by atoms with Gasteiger partial charge < -0.3 is 0 Å². The molecule has 0 radical (unpaired) electrons. The van der Waals surface area contributed by atoms with Crippen LogP contribution in [-0.4, -0.2) is 33.6 Å². The fourth-order valence-corrected chi connectivity index (χ4v) is 3.11. The first-order valence-corrected chi connectivity index (χ1v) is 7.43.